The van der Waals surface area contributed by atoms with Gasteiger partial charge in [-0.05, 0) is 52.5 Å². The van der Waals surface area contributed by atoms with Crippen LogP contribution in [0.4, 0.5) is 0 Å². The van der Waals surface area contributed by atoms with Gasteiger partial charge in [0, 0.05) is 43.5 Å². The van der Waals surface area contributed by atoms with Gasteiger partial charge in [0.25, 0.3) is 0 Å². The highest BCUT2D eigenvalue weighted by Gasteiger charge is 2.77. The lowest BCUT2D eigenvalue weighted by atomic mass is 9.70. The minimum atomic E-state index is -1.26. The number of carbonyl (C=O) groups is 4. The van der Waals surface area contributed by atoms with Crippen molar-refractivity contribution in [3.05, 3.63) is 61.2 Å². The summed E-state index contributed by atoms with van der Waals surface area (Å²) >= 11 is 3.71. The monoisotopic (exact) mass is 701 g/mol. The number of likely N-dealkylation sites (N-methyl/N-ethyl adjacent to an activating group) is 1. The number of amides is 3. The number of aliphatic hydroxyl groups is 1. The summed E-state index contributed by atoms with van der Waals surface area (Å²) < 4.78 is 12.9. The minimum Gasteiger partial charge on any atom is -0.455 e. The second-order valence-electron chi connectivity index (χ2n) is 13.5. The van der Waals surface area contributed by atoms with Gasteiger partial charge in [-0.25, -0.2) is 0 Å². The molecule has 0 aromatic heterocycles. The summed E-state index contributed by atoms with van der Waals surface area (Å²) in [6, 6.07) is 7.71. The molecule has 3 aliphatic rings. The lowest BCUT2D eigenvalue weighted by molar-refractivity contribution is -0.164. The second kappa shape index (κ2) is 14.4. The molecule has 0 saturated carbocycles. The van der Waals surface area contributed by atoms with Crippen LogP contribution in [0.5, 0.6) is 0 Å². The average Bonchev–Trinajstić information content (AvgIpc) is 3.61. The lowest BCUT2D eigenvalue weighted by Crippen LogP contribution is -2.60. The molecule has 10 nitrogen and oxygen atoms in total. The molecule has 8 atom stereocenters. The highest BCUT2D eigenvalue weighted by molar-refractivity contribution is 9.09. The molecule has 1 spiro atoms. The highest BCUT2D eigenvalue weighted by atomic mass is 79.9. The summed E-state index contributed by atoms with van der Waals surface area (Å²) in [7, 11) is 1.68. The SMILES string of the molecule is C=CCCC(=O)N(C)[C@@H](C)[C@@H](OC(=O)[C@@H]1[C@H]2O[C@@]3(CC2Br)[C@H](C(=O)N(CC=C)C(C)(C)C)N(CCCO)C(=O)[C@@H]13)c1ccccc1. The molecular formula is C35H48BrN3O7. The molecule has 3 fully saturated rings. The zero-order chi connectivity index (χ0) is 34.0. The predicted molar refractivity (Wildman–Crippen MR) is 178 cm³/mol. The fourth-order valence-corrected chi connectivity index (χ4v) is 8.20. The number of fused-ring (bicyclic) bond motifs is 1. The number of alkyl halides is 1. The number of benzene rings is 1. The van der Waals surface area contributed by atoms with Crippen LogP contribution in [0.1, 0.15) is 65.0 Å². The van der Waals surface area contributed by atoms with Gasteiger partial charge in [-0.3, -0.25) is 19.2 Å². The van der Waals surface area contributed by atoms with Crippen LogP contribution in [-0.4, -0.2) is 104 Å². The van der Waals surface area contributed by atoms with Crippen LogP contribution in [-0.2, 0) is 28.7 Å². The predicted octanol–water partition coefficient (Wildman–Crippen LogP) is 4.03. The molecule has 4 rings (SSSR count). The Bertz CT molecular complexity index is 1320. The Morgan fingerprint density at radius 3 is 2.48 bits per heavy atom. The Balaban J connectivity index is 1.72. The van der Waals surface area contributed by atoms with Crippen molar-refractivity contribution < 1.29 is 33.8 Å². The third-order valence-corrected chi connectivity index (χ3v) is 10.5. The molecular weight excluding hydrogens is 654 g/mol. The number of halogens is 1. The molecule has 0 aliphatic carbocycles. The van der Waals surface area contributed by atoms with Gasteiger partial charge in [-0.1, -0.05) is 58.4 Å². The average molecular weight is 703 g/mol. The van der Waals surface area contributed by atoms with Crippen molar-refractivity contribution in [1.29, 1.82) is 0 Å². The van der Waals surface area contributed by atoms with E-state index < -0.39 is 53.2 Å². The molecule has 3 amide bonds. The van der Waals surface area contributed by atoms with Crippen molar-refractivity contribution in [2.45, 2.75) is 93.6 Å². The van der Waals surface area contributed by atoms with Crippen molar-refractivity contribution in [3.63, 3.8) is 0 Å². The number of esters is 1. The van der Waals surface area contributed by atoms with Crippen molar-refractivity contribution in [2.24, 2.45) is 11.8 Å². The zero-order valence-corrected chi connectivity index (χ0v) is 29.1. The first-order chi connectivity index (χ1) is 21.7. The fourth-order valence-electron chi connectivity index (χ4n) is 7.25. The van der Waals surface area contributed by atoms with Gasteiger partial charge in [-0.15, -0.1) is 13.2 Å². The highest BCUT2D eigenvalue weighted by Crippen LogP contribution is 2.60. The Kier molecular flexibility index (Phi) is 11.2. The van der Waals surface area contributed by atoms with E-state index in [9.17, 15) is 24.3 Å². The maximum atomic E-state index is 14.4. The smallest absolute Gasteiger partial charge is 0.313 e. The molecule has 252 valence electrons. The van der Waals surface area contributed by atoms with Gasteiger partial charge in [0.2, 0.25) is 17.7 Å². The van der Waals surface area contributed by atoms with Crippen LogP contribution in [0.15, 0.2) is 55.6 Å². The molecule has 2 bridgehead atoms. The third-order valence-electron chi connectivity index (χ3n) is 9.62. The van der Waals surface area contributed by atoms with E-state index in [1.807, 2.05) is 58.0 Å². The summed E-state index contributed by atoms with van der Waals surface area (Å²) in [5, 5.41) is 9.67. The van der Waals surface area contributed by atoms with E-state index in [0.717, 1.165) is 0 Å². The minimum absolute atomic E-state index is 0.109. The number of nitrogens with zero attached hydrogens (tertiary/aromatic N) is 3. The van der Waals surface area contributed by atoms with Crippen molar-refractivity contribution >= 4 is 39.6 Å². The normalized spacial score (nSPS) is 27.9. The van der Waals surface area contributed by atoms with Crippen LogP contribution in [0.3, 0.4) is 0 Å². The van der Waals surface area contributed by atoms with Crippen LogP contribution >= 0.6 is 15.9 Å². The molecule has 46 heavy (non-hydrogen) atoms. The second-order valence-corrected chi connectivity index (χ2v) is 14.7. The van der Waals surface area contributed by atoms with E-state index in [-0.39, 0.29) is 55.1 Å². The summed E-state index contributed by atoms with van der Waals surface area (Å²) in [5.74, 6) is -3.30. The molecule has 1 N–H and O–H groups in total. The molecule has 3 aliphatic heterocycles. The standard InChI is InChI=1S/C35H48BrN3O7/c1-8-10-17-25(41)37(7)22(3)28(23-15-12-11-13-16-23)45-33(44)26-27-31(42)38(19-14-20-40)30(35(27)21-24(36)29(26)46-35)32(43)39(18-9-2)34(4,5)6/h8-9,11-13,15-16,22,24,26-30,40H,1-2,10,14,17-21H2,3-7H3/t22-,24?,26-,27+,28+,29-,30-,35+/m0/s1. The van der Waals surface area contributed by atoms with Crippen molar-refractivity contribution in [2.75, 3.05) is 26.7 Å². The van der Waals surface area contributed by atoms with E-state index in [1.165, 1.54) is 4.90 Å². The van der Waals surface area contributed by atoms with Crippen LogP contribution in [0.2, 0.25) is 0 Å². The molecule has 1 aromatic rings. The van der Waals surface area contributed by atoms with Gasteiger partial charge >= 0.3 is 5.97 Å². The van der Waals surface area contributed by atoms with Gasteiger partial charge < -0.3 is 29.3 Å². The quantitative estimate of drug-likeness (QED) is 0.177. The largest absolute Gasteiger partial charge is 0.455 e. The van der Waals surface area contributed by atoms with E-state index in [2.05, 4.69) is 29.1 Å². The van der Waals surface area contributed by atoms with Gasteiger partial charge in [0.1, 0.15) is 17.7 Å². The molecule has 3 saturated heterocycles. The number of likely N-dealkylation sites (tertiary alicyclic amines) is 1. The summed E-state index contributed by atoms with van der Waals surface area (Å²) in [4.78, 5) is 60.5. The lowest BCUT2D eigenvalue weighted by Gasteiger charge is -2.42. The number of aliphatic hydroxyl groups excluding tert-OH is 1. The first-order valence-corrected chi connectivity index (χ1v) is 16.9. The molecule has 1 aromatic carbocycles. The maximum absolute atomic E-state index is 14.4. The summed E-state index contributed by atoms with van der Waals surface area (Å²) in [5.41, 5.74) is -1.13. The van der Waals surface area contributed by atoms with E-state index in [0.29, 0.717) is 18.4 Å². The Hall–Kier alpha value is -3.02. The number of ether oxygens (including phenoxy) is 2. The first-order valence-electron chi connectivity index (χ1n) is 16.0. The summed E-state index contributed by atoms with van der Waals surface area (Å²) in [6.07, 6.45) is 3.25. The molecule has 3 heterocycles. The Labute approximate surface area is 280 Å². The molecule has 11 heteroatoms. The van der Waals surface area contributed by atoms with Crippen molar-refractivity contribution in [1.82, 2.24) is 14.7 Å². The third kappa shape index (κ3) is 6.55. The van der Waals surface area contributed by atoms with Crippen molar-refractivity contribution in [3.8, 4) is 0 Å². The maximum Gasteiger partial charge on any atom is 0.313 e. The van der Waals surface area contributed by atoms with E-state index >= 15 is 0 Å². The number of carbonyl (C=O) groups excluding carboxylic acids is 4. The Morgan fingerprint density at radius 1 is 1.22 bits per heavy atom. The van der Waals surface area contributed by atoms with Gasteiger partial charge in [0.05, 0.1) is 24.0 Å². The van der Waals surface area contributed by atoms with Crippen LogP contribution in [0.25, 0.3) is 0 Å². The number of hydrogen-bond acceptors (Lipinski definition) is 7. The first kappa shape index (κ1) is 35.8. The van der Waals surface area contributed by atoms with E-state index in [1.54, 1.807) is 29.0 Å². The van der Waals surface area contributed by atoms with Crippen LogP contribution in [0, 0.1) is 11.8 Å². The van der Waals surface area contributed by atoms with E-state index in [4.69, 9.17) is 9.47 Å². The summed E-state index contributed by atoms with van der Waals surface area (Å²) in [6.45, 7) is 15.4. The Morgan fingerprint density at radius 2 is 1.89 bits per heavy atom. The number of rotatable bonds is 14. The number of hydrogen-bond donors (Lipinski definition) is 1. The topological polar surface area (TPSA) is 117 Å². The fraction of sp³-hybridized carbons (Fsp3) is 0.600. The zero-order valence-electron chi connectivity index (χ0n) is 27.6. The van der Waals surface area contributed by atoms with Crippen LogP contribution < -0.4 is 0 Å². The molecule has 1 unspecified atom stereocenters. The molecule has 0 radical (unpaired) electrons. The number of allylic oxidation sites excluding steroid dienone is 1. The van der Waals surface area contributed by atoms with Gasteiger partial charge in [0.15, 0.2) is 0 Å². The van der Waals surface area contributed by atoms with Gasteiger partial charge in [-0.2, -0.15) is 0 Å².